The summed E-state index contributed by atoms with van der Waals surface area (Å²) in [6.07, 6.45) is 2.68. The first kappa shape index (κ1) is 7.94. The number of carbonyl (C=O) groups excluding carboxylic acids is 1. The molecule has 4 heteroatoms. The minimum absolute atomic E-state index is 0.0486. The maximum atomic E-state index is 11.1. The molecule has 0 aromatic carbocycles. The van der Waals surface area contributed by atoms with Crippen LogP contribution < -0.4 is 0 Å². The molecule has 0 saturated carbocycles. The SMILES string of the molecule is CN(C)CC(=O)c1cnco1. The largest absolute Gasteiger partial charge is 0.440 e. The van der Waals surface area contributed by atoms with Crippen LogP contribution in [0.5, 0.6) is 0 Å². The molecule has 0 bridgehead atoms. The van der Waals surface area contributed by atoms with Crippen molar-refractivity contribution < 1.29 is 9.21 Å². The summed E-state index contributed by atoms with van der Waals surface area (Å²) in [6.45, 7) is 0.356. The van der Waals surface area contributed by atoms with Crippen molar-refractivity contribution in [2.45, 2.75) is 0 Å². The molecule has 0 radical (unpaired) electrons. The molecule has 4 nitrogen and oxygen atoms in total. The number of oxazole rings is 1. The van der Waals surface area contributed by atoms with Gasteiger partial charge in [0.25, 0.3) is 0 Å². The van der Waals surface area contributed by atoms with E-state index in [2.05, 4.69) is 4.98 Å². The number of aromatic nitrogens is 1. The number of hydrogen-bond donors (Lipinski definition) is 0. The fourth-order valence-corrected chi connectivity index (χ4v) is 0.719. The summed E-state index contributed by atoms with van der Waals surface area (Å²) < 4.78 is 4.81. The Balaban J connectivity index is 2.57. The van der Waals surface area contributed by atoms with E-state index in [1.807, 2.05) is 14.1 Å². The molecule has 0 aliphatic rings. The second-order valence-corrected chi connectivity index (χ2v) is 2.53. The molecule has 1 heterocycles. The van der Waals surface area contributed by atoms with Crippen LogP contribution in [0.25, 0.3) is 0 Å². The first-order valence-corrected chi connectivity index (χ1v) is 3.26. The van der Waals surface area contributed by atoms with Gasteiger partial charge in [-0.05, 0) is 14.1 Å². The predicted molar refractivity (Wildman–Crippen MR) is 39.4 cm³/mol. The van der Waals surface area contributed by atoms with Gasteiger partial charge in [-0.15, -0.1) is 0 Å². The molecule has 0 fully saturated rings. The summed E-state index contributed by atoms with van der Waals surface area (Å²) in [7, 11) is 3.66. The number of Topliss-reactive ketones (excluding diaryl/α,β-unsaturated/α-hetero) is 1. The molecule has 1 aromatic rings. The molecule has 0 atom stereocenters. The van der Waals surface area contributed by atoms with Gasteiger partial charge in [-0.3, -0.25) is 4.79 Å². The molecule has 0 amide bonds. The zero-order chi connectivity index (χ0) is 8.27. The van der Waals surface area contributed by atoms with Crippen molar-refractivity contribution in [2.75, 3.05) is 20.6 Å². The lowest BCUT2D eigenvalue weighted by Crippen LogP contribution is -2.21. The fourth-order valence-electron chi connectivity index (χ4n) is 0.719. The topological polar surface area (TPSA) is 46.3 Å². The molecule has 60 valence electrons. The highest BCUT2D eigenvalue weighted by Gasteiger charge is 2.09. The van der Waals surface area contributed by atoms with Crippen molar-refractivity contribution in [2.24, 2.45) is 0 Å². The van der Waals surface area contributed by atoms with Crippen LogP contribution in [0.2, 0.25) is 0 Å². The Morgan fingerprint density at radius 1 is 1.73 bits per heavy atom. The van der Waals surface area contributed by atoms with Crippen molar-refractivity contribution >= 4 is 5.78 Å². The van der Waals surface area contributed by atoms with Gasteiger partial charge in [-0.1, -0.05) is 0 Å². The van der Waals surface area contributed by atoms with E-state index in [4.69, 9.17) is 4.42 Å². The highest BCUT2D eigenvalue weighted by Crippen LogP contribution is 1.98. The van der Waals surface area contributed by atoms with Crippen LogP contribution in [-0.4, -0.2) is 36.3 Å². The number of hydrogen-bond acceptors (Lipinski definition) is 4. The van der Waals surface area contributed by atoms with Gasteiger partial charge >= 0.3 is 0 Å². The van der Waals surface area contributed by atoms with Crippen LogP contribution in [-0.2, 0) is 0 Å². The zero-order valence-electron chi connectivity index (χ0n) is 6.57. The molecule has 1 aromatic heterocycles. The summed E-state index contributed by atoms with van der Waals surface area (Å²) >= 11 is 0. The van der Waals surface area contributed by atoms with Crippen molar-refractivity contribution in [3.05, 3.63) is 18.4 Å². The summed E-state index contributed by atoms with van der Waals surface area (Å²) in [4.78, 5) is 16.6. The maximum absolute atomic E-state index is 11.1. The first-order chi connectivity index (χ1) is 5.20. The third kappa shape index (κ3) is 2.16. The van der Waals surface area contributed by atoms with Crippen LogP contribution in [0.4, 0.5) is 0 Å². The van der Waals surface area contributed by atoms with Gasteiger partial charge in [-0.2, -0.15) is 0 Å². The van der Waals surface area contributed by atoms with Gasteiger partial charge in [0, 0.05) is 0 Å². The molecule has 0 spiro atoms. The average Bonchev–Trinajstić information content (AvgIpc) is 2.35. The van der Waals surface area contributed by atoms with Crippen LogP contribution in [0.1, 0.15) is 10.6 Å². The molecule has 0 saturated heterocycles. The molecule has 1 rings (SSSR count). The van der Waals surface area contributed by atoms with Crippen LogP contribution in [0.15, 0.2) is 17.0 Å². The van der Waals surface area contributed by atoms with E-state index in [9.17, 15) is 4.79 Å². The Bertz CT molecular complexity index is 229. The van der Waals surface area contributed by atoms with E-state index in [-0.39, 0.29) is 5.78 Å². The standard InChI is InChI=1S/C7H10N2O2/c1-9(2)4-6(10)7-3-8-5-11-7/h3,5H,4H2,1-2H3. The second kappa shape index (κ2) is 3.30. The number of carbonyl (C=O) groups is 1. The minimum atomic E-state index is -0.0486. The van der Waals surface area contributed by atoms with Crippen LogP contribution in [0, 0.1) is 0 Å². The Labute approximate surface area is 64.8 Å². The number of nitrogens with zero attached hydrogens (tertiary/aromatic N) is 2. The highest BCUT2D eigenvalue weighted by molar-refractivity contribution is 5.94. The number of rotatable bonds is 3. The number of ketones is 1. The molecule has 0 N–H and O–H groups in total. The normalized spacial score (nSPS) is 10.5. The highest BCUT2D eigenvalue weighted by atomic mass is 16.3. The third-order valence-corrected chi connectivity index (χ3v) is 1.17. The first-order valence-electron chi connectivity index (χ1n) is 3.26. The van der Waals surface area contributed by atoms with E-state index in [0.29, 0.717) is 12.3 Å². The average molecular weight is 154 g/mol. The van der Waals surface area contributed by atoms with Crippen molar-refractivity contribution in [3.63, 3.8) is 0 Å². The molecule has 0 unspecified atom stereocenters. The van der Waals surface area contributed by atoms with Crippen molar-refractivity contribution in [1.29, 1.82) is 0 Å². The summed E-state index contributed by atoms with van der Waals surface area (Å²) in [5, 5.41) is 0. The lowest BCUT2D eigenvalue weighted by molar-refractivity contribution is 0.0930. The summed E-state index contributed by atoms with van der Waals surface area (Å²) in [5.74, 6) is 0.270. The lowest BCUT2D eigenvalue weighted by Gasteiger charge is -2.04. The zero-order valence-corrected chi connectivity index (χ0v) is 6.57. The minimum Gasteiger partial charge on any atom is -0.440 e. The maximum Gasteiger partial charge on any atom is 0.213 e. The lowest BCUT2D eigenvalue weighted by atomic mass is 10.3. The van der Waals surface area contributed by atoms with Gasteiger partial charge in [0.05, 0.1) is 12.7 Å². The van der Waals surface area contributed by atoms with Gasteiger partial charge in [-0.25, -0.2) is 4.98 Å². The summed E-state index contributed by atoms with van der Waals surface area (Å²) in [5.41, 5.74) is 0. The molecule has 0 aliphatic carbocycles. The van der Waals surface area contributed by atoms with E-state index < -0.39 is 0 Å². The Morgan fingerprint density at radius 3 is 2.91 bits per heavy atom. The monoisotopic (exact) mass is 154 g/mol. The van der Waals surface area contributed by atoms with E-state index >= 15 is 0 Å². The third-order valence-electron chi connectivity index (χ3n) is 1.17. The van der Waals surface area contributed by atoms with Crippen molar-refractivity contribution in [1.82, 2.24) is 9.88 Å². The molecular formula is C7H10N2O2. The van der Waals surface area contributed by atoms with E-state index in [1.54, 1.807) is 4.90 Å². The quantitative estimate of drug-likeness (QED) is 0.592. The summed E-state index contributed by atoms with van der Waals surface area (Å²) in [6, 6.07) is 0. The van der Waals surface area contributed by atoms with E-state index in [0.717, 1.165) is 0 Å². The van der Waals surface area contributed by atoms with Crippen LogP contribution in [0.3, 0.4) is 0 Å². The Morgan fingerprint density at radius 2 is 2.45 bits per heavy atom. The Hall–Kier alpha value is -1.16. The van der Waals surface area contributed by atoms with Gasteiger partial charge in [0.1, 0.15) is 0 Å². The number of likely N-dealkylation sites (N-methyl/N-ethyl adjacent to an activating group) is 1. The van der Waals surface area contributed by atoms with Gasteiger partial charge < -0.3 is 9.32 Å². The second-order valence-electron chi connectivity index (χ2n) is 2.53. The Kier molecular flexibility index (Phi) is 2.38. The van der Waals surface area contributed by atoms with Gasteiger partial charge in [0.15, 0.2) is 12.2 Å². The predicted octanol–water partition coefficient (Wildman–Crippen LogP) is 0.419. The molecule has 0 aliphatic heterocycles. The fraction of sp³-hybridized carbons (Fsp3) is 0.429. The van der Waals surface area contributed by atoms with Crippen LogP contribution >= 0.6 is 0 Å². The van der Waals surface area contributed by atoms with Gasteiger partial charge in [0.2, 0.25) is 5.78 Å². The molecular weight excluding hydrogens is 144 g/mol. The molecule has 11 heavy (non-hydrogen) atoms. The van der Waals surface area contributed by atoms with Crippen molar-refractivity contribution in [3.8, 4) is 0 Å². The smallest absolute Gasteiger partial charge is 0.213 e. The van der Waals surface area contributed by atoms with E-state index in [1.165, 1.54) is 12.6 Å².